The molecule has 1 aromatic rings. The van der Waals surface area contributed by atoms with E-state index in [0.29, 0.717) is 0 Å². The third-order valence-corrected chi connectivity index (χ3v) is 2.58. The van der Waals surface area contributed by atoms with Crippen LogP contribution in [0, 0.1) is 0 Å². The maximum absolute atomic E-state index is 5.52. The monoisotopic (exact) mass is 176 g/mol. The molecule has 13 heavy (non-hydrogen) atoms. The van der Waals surface area contributed by atoms with Crippen LogP contribution in [0.4, 0.5) is 0 Å². The van der Waals surface area contributed by atoms with Crippen molar-refractivity contribution in [3.8, 4) is 5.75 Å². The summed E-state index contributed by atoms with van der Waals surface area (Å²) in [6.45, 7) is 3.09. The number of hydrogen-bond donors (Lipinski definition) is 0. The largest absolute Gasteiger partial charge is 0.493 e. The highest BCUT2D eigenvalue weighted by molar-refractivity contribution is 5.40. The minimum absolute atomic E-state index is 0.868. The number of aryl methyl sites for hydroxylation is 1. The van der Waals surface area contributed by atoms with Gasteiger partial charge < -0.3 is 4.74 Å². The van der Waals surface area contributed by atoms with E-state index in [2.05, 4.69) is 25.1 Å². The van der Waals surface area contributed by atoms with E-state index in [4.69, 9.17) is 4.74 Å². The summed E-state index contributed by atoms with van der Waals surface area (Å²) in [4.78, 5) is 0. The first-order chi connectivity index (χ1) is 6.40. The molecule has 1 aliphatic heterocycles. The van der Waals surface area contributed by atoms with Gasteiger partial charge in [0.2, 0.25) is 0 Å². The molecule has 2 rings (SSSR count). The van der Waals surface area contributed by atoms with Gasteiger partial charge in [0.1, 0.15) is 5.75 Å². The highest BCUT2D eigenvalue weighted by Crippen LogP contribution is 2.26. The molecule has 1 aliphatic rings. The van der Waals surface area contributed by atoms with Crippen LogP contribution in [-0.2, 0) is 12.8 Å². The lowest BCUT2D eigenvalue weighted by Gasteiger charge is -2.03. The van der Waals surface area contributed by atoms with E-state index in [1.807, 2.05) is 0 Å². The molecular formula is C12H16O. The standard InChI is InChI=1S/C12H16O/c1-2-3-4-10-5-6-11-7-8-13-12(11)9-10/h5-6,9H,2-4,7-8H2,1H3. The lowest BCUT2D eigenvalue weighted by Crippen LogP contribution is -1.87. The molecule has 1 heterocycles. The second kappa shape index (κ2) is 3.82. The predicted octanol–water partition coefficient (Wildman–Crippen LogP) is 2.96. The Balaban J connectivity index is 2.12. The van der Waals surface area contributed by atoms with E-state index in [9.17, 15) is 0 Å². The molecule has 0 radical (unpaired) electrons. The van der Waals surface area contributed by atoms with Crippen LogP contribution in [0.1, 0.15) is 30.9 Å². The van der Waals surface area contributed by atoms with Gasteiger partial charge in [0.15, 0.2) is 0 Å². The molecule has 0 aromatic heterocycles. The smallest absolute Gasteiger partial charge is 0.122 e. The first-order valence-corrected chi connectivity index (χ1v) is 5.15. The summed E-state index contributed by atoms with van der Waals surface area (Å²) < 4.78 is 5.52. The van der Waals surface area contributed by atoms with Crippen LogP contribution in [0.5, 0.6) is 5.75 Å². The maximum atomic E-state index is 5.52. The molecule has 0 fully saturated rings. The summed E-state index contributed by atoms with van der Waals surface area (Å²) in [6.07, 6.45) is 4.81. The van der Waals surface area contributed by atoms with E-state index in [0.717, 1.165) is 18.8 Å². The molecule has 0 N–H and O–H groups in total. The van der Waals surface area contributed by atoms with Crippen molar-refractivity contribution in [3.05, 3.63) is 29.3 Å². The molecule has 0 amide bonds. The Morgan fingerprint density at radius 3 is 3.15 bits per heavy atom. The Morgan fingerprint density at radius 1 is 1.38 bits per heavy atom. The number of rotatable bonds is 3. The van der Waals surface area contributed by atoms with E-state index < -0.39 is 0 Å². The zero-order chi connectivity index (χ0) is 9.10. The molecule has 0 atom stereocenters. The van der Waals surface area contributed by atoms with Gasteiger partial charge in [0.25, 0.3) is 0 Å². The fourth-order valence-corrected chi connectivity index (χ4v) is 1.75. The van der Waals surface area contributed by atoms with Crippen LogP contribution < -0.4 is 4.74 Å². The summed E-state index contributed by atoms with van der Waals surface area (Å²) in [5, 5.41) is 0. The van der Waals surface area contributed by atoms with Crippen molar-refractivity contribution in [3.63, 3.8) is 0 Å². The second-order valence-electron chi connectivity index (χ2n) is 3.64. The lowest BCUT2D eigenvalue weighted by molar-refractivity contribution is 0.356. The zero-order valence-electron chi connectivity index (χ0n) is 8.18. The van der Waals surface area contributed by atoms with E-state index in [1.165, 1.54) is 30.4 Å². The number of fused-ring (bicyclic) bond motifs is 1. The Labute approximate surface area is 79.7 Å². The predicted molar refractivity (Wildman–Crippen MR) is 54.3 cm³/mol. The Hall–Kier alpha value is -0.980. The fraction of sp³-hybridized carbons (Fsp3) is 0.500. The molecular weight excluding hydrogens is 160 g/mol. The number of benzene rings is 1. The summed E-state index contributed by atoms with van der Waals surface area (Å²) >= 11 is 0. The van der Waals surface area contributed by atoms with Crippen molar-refractivity contribution in [2.24, 2.45) is 0 Å². The highest BCUT2D eigenvalue weighted by atomic mass is 16.5. The Morgan fingerprint density at radius 2 is 2.31 bits per heavy atom. The molecule has 70 valence electrons. The van der Waals surface area contributed by atoms with Crippen molar-refractivity contribution in [2.75, 3.05) is 6.61 Å². The maximum Gasteiger partial charge on any atom is 0.122 e. The number of hydrogen-bond acceptors (Lipinski definition) is 1. The summed E-state index contributed by atoms with van der Waals surface area (Å²) in [6, 6.07) is 6.66. The molecule has 1 heteroatoms. The quantitative estimate of drug-likeness (QED) is 0.688. The topological polar surface area (TPSA) is 9.23 Å². The minimum Gasteiger partial charge on any atom is -0.493 e. The van der Waals surface area contributed by atoms with E-state index >= 15 is 0 Å². The van der Waals surface area contributed by atoms with Crippen LogP contribution in [0.3, 0.4) is 0 Å². The lowest BCUT2D eigenvalue weighted by atomic mass is 10.1. The summed E-state index contributed by atoms with van der Waals surface area (Å²) in [5.41, 5.74) is 2.79. The summed E-state index contributed by atoms with van der Waals surface area (Å²) in [5.74, 6) is 1.12. The van der Waals surface area contributed by atoms with Gasteiger partial charge >= 0.3 is 0 Å². The van der Waals surface area contributed by atoms with E-state index in [-0.39, 0.29) is 0 Å². The van der Waals surface area contributed by atoms with E-state index in [1.54, 1.807) is 0 Å². The van der Waals surface area contributed by atoms with Crippen molar-refractivity contribution >= 4 is 0 Å². The first kappa shape index (κ1) is 8.61. The normalized spacial score (nSPS) is 13.9. The van der Waals surface area contributed by atoms with Crippen molar-refractivity contribution in [1.82, 2.24) is 0 Å². The minimum atomic E-state index is 0.868. The van der Waals surface area contributed by atoms with Gasteiger partial charge in [-0.2, -0.15) is 0 Å². The summed E-state index contributed by atoms with van der Waals surface area (Å²) in [7, 11) is 0. The Kier molecular flexibility index (Phi) is 2.53. The van der Waals surface area contributed by atoms with Crippen LogP contribution >= 0.6 is 0 Å². The van der Waals surface area contributed by atoms with Gasteiger partial charge in [-0.15, -0.1) is 0 Å². The molecule has 1 aromatic carbocycles. The van der Waals surface area contributed by atoms with Gasteiger partial charge in [-0.1, -0.05) is 25.5 Å². The van der Waals surface area contributed by atoms with Gasteiger partial charge in [0, 0.05) is 6.42 Å². The number of unbranched alkanes of at least 4 members (excludes halogenated alkanes) is 1. The molecule has 0 unspecified atom stereocenters. The SMILES string of the molecule is CCCCc1ccc2c(c1)OCC2. The van der Waals surface area contributed by atoms with Crippen LogP contribution in [0.2, 0.25) is 0 Å². The average Bonchev–Trinajstić information content (AvgIpc) is 2.61. The highest BCUT2D eigenvalue weighted by Gasteiger charge is 2.11. The third-order valence-electron chi connectivity index (χ3n) is 2.58. The Bertz CT molecular complexity index is 291. The van der Waals surface area contributed by atoms with Crippen LogP contribution in [0.15, 0.2) is 18.2 Å². The van der Waals surface area contributed by atoms with Crippen molar-refractivity contribution in [2.45, 2.75) is 32.6 Å². The van der Waals surface area contributed by atoms with Crippen LogP contribution in [-0.4, -0.2) is 6.61 Å². The van der Waals surface area contributed by atoms with Gasteiger partial charge in [0.05, 0.1) is 6.61 Å². The molecule has 0 saturated carbocycles. The molecule has 0 bridgehead atoms. The average molecular weight is 176 g/mol. The van der Waals surface area contributed by atoms with Gasteiger partial charge in [-0.05, 0) is 30.0 Å². The first-order valence-electron chi connectivity index (χ1n) is 5.15. The fourth-order valence-electron chi connectivity index (χ4n) is 1.75. The van der Waals surface area contributed by atoms with Crippen LogP contribution in [0.25, 0.3) is 0 Å². The van der Waals surface area contributed by atoms with Crippen molar-refractivity contribution < 1.29 is 4.74 Å². The zero-order valence-corrected chi connectivity index (χ0v) is 8.18. The second-order valence-corrected chi connectivity index (χ2v) is 3.64. The van der Waals surface area contributed by atoms with Gasteiger partial charge in [-0.3, -0.25) is 0 Å². The third kappa shape index (κ3) is 1.85. The molecule has 1 nitrogen and oxygen atoms in total. The molecule has 0 spiro atoms. The van der Waals surface area contributed by atoms with Gasteiger partial charge in [-0.25, -0.2) is 0 Å². The molecule has 0 aliphatic carbocycles. The number of ether oxygens (including phenoxy) is 1. The van der Waals surface area contributed by atoms with Crippen molar-refractivity contribution in [1.29, 1.82) is 0 Å². The molecule has 0 saturated heterocycles.